The molecule has 0 rings (SSSR count). The zero-order chi connectivity index (χ0) is 13.2. The summed E-state index contributed by atoms with van der Waals surface area (Å²) in [4.78, 5) is 0. The van der Waals surface area contributed by atoms with Crippen LogP contribution in [0.2, 0.25) is 0 Å². The minimum absolute atomic E-state index is 0.0417. The molecule has 0 atom stereocenters. The molecule has 0 radical (unpaired) electrons. The SMILES string of the molecule is CCCCCOC.OCCOCCOCCO. The molecule has 0 aliphatic heterocycles. The molecule has 2 N–H and O–H groups in total. The second kappa shape index (κ2) is 21.1. The van der Waals surface area contributed by atoms with Crippen molar-refractivity contribution >= 4 is 0 Å². The molecular weight excluding hydrogens is 224 g/mol. The Balaban J connectivity index is 0. The van der Waals surface area contributed by atoms with Crippen LogP contribution in [0.4, 0.5) is 0 Å². The Hall–Kier alpha value is -0.200. The number of methoxy groups -OCH3 is 1. The number of aliphatic hydroxyl groups excluding tert-OH is 2. The van der Waals surface area contributed by atoms with Crippen LogP contribution in [0.3, 0.4) is 0 Å². The maximum absolute atomic E-state index is 8.26. The zero-order valence-electron chi connectivity index (χ0n) is 11.2. The monoisotopic (exact) mass is 252 g/mol. The highest BCUT2D eigenvalue weighted by Crippen LogP contribution is 1.91. The van der Waals surface area contributed by atoms with Gasteiger partial charge < -0.3 is 24.4 Å². The van der Waals surface area contributed by atoms with Crippen LogP contribution in [0.15, 0.2) is 0 Å². The smallest absolute Gasteiger partial charge is 0.0701 e. The highest BCUT2D eigenvalue weighted by atomic mass is 16.5. The van der Waals surface area contributed by atoms with E-state index in [2.05, 4.69) is 6.92 Å². The average molecular weight is 252 g/mol. The first kappa shape index (κ1) is 19.1. The van der Waals surface area contributed by atoms with E-state index in [1.807, 2.05) is 0 Å². The quantitative estimate of drug-likeness (QED) is 0.533. The van der Waals surface area contributed by atoms with E-state index in [1.54, 1.807) is 7.11 Å². The Morgan fingerprint density at radius 2 is 1.29 bits per heavy atom. The number of unbranched alkanes of at least 4 members (excludes halogenated alkanes) is 2. The van der Waals surface area contributed by atoms with E-state index in [0.717, 1.165) is 6.61 Å². The Morgan fingerprint density at radius 3 is 1.65 bits per heavy atom. The summed E-state index contributed by atoms with van der Waals surface area (Å²) >= 11 is 0. The second-order valence-corrected chi connectivity index (χ2v) is 3.37. The highest BCUT2D eigenvalue weighted by Gasteiger charge is 1.86. The summed E-state index contributed by atoms with van der Waals surface area (Å²) in [6.45, 7) is 4.84. The number of hydrogen-bond acceptors (Lipinski definition) is 5. The lowest BCUT2D eigenvalue weighted by Crippen LogP contribution is -2.09. The minimum Gasteiger partial charge on any atom is -0.394 e. The molecule has 106 valence electrons. The fourth-order valence-corrected chi connectivity index (χ4v) is 0.947. The van der Waals surface area contributed by atoms with Crippen molar-refractivity contribution in [2.75, 3.05) is 53.4 Å². The molecule has 0 heterocycles. The van der Waals surface area contributed by atoms with Crippen LogP contribution < -0.4 is 0 Å². The molecule has 5 heteroatoms. The normalized spacial score (nSPS) is 9.88. The molecule has 0 amide bonds. The number of rotatable bonds is 11. The van der Waals surface area contributed by atoms with Crippen molar-refractivity contribution in [2.45, 2.75) is 26.2 Å². The van der Waals surface area contributed by atoms with E-state index in [9.17, 15) is 0 Å². The van der Waals surface area contributed by atoms with Crippen molar-refractivity contribution in [2.24, 2.45) is 0 Å². The van der Waals surface area contributed by atoms with Crippen LogP contribution in [0, 0.1) is 0 Å². The Labute approximate surface area is 105 Å². The van der Waals surface area contributed by atoms with Crippen molar-refractivity contribution in [1.29, 1.82) is 0 Å². The highest BCUT2D eigenvalue weighted by molar-refractivity contribution is 4.33. The van der Waals surface area contributed by atoms with Gasteiger partial charge in [0.05, 0.1) is 39.6 Å². The first-order chi connectivity index (χ1) is 8.33. The molecule has 5 nitrogen and oxygen atoms in total. The van der Waals surface area contributed by atoms with E-state index in [4.69, 9.17) is 24.4 Å². The topological polar surface area (TPSA) is 68.2 Å². The lowest BCUT2D eigenvalue weighted by atomic mass is 10.3. The molecule has 0 saturated carbocycles. The van der Waals surface area contributed by atoms with Gasteiger partial charge in [-0.1, -0.05) is 19.8 Å². The lowest BCUT2D eigenvalue weighted by molar-refractivity contribution is 0.0222. The molecule has 0 aromatic heterocycles. The molecule has 0 aromatic carbocycles. The molecule has 0 saturated heterocycles. The van der Waals surface area contributed by atoms with E-state index >= 15 is 0 Å². The van der Waals surface area contributed by atoms with Crippen molar-refractivity contribution in [3.8, 4) is 0 Å². The Morgan fingerprint density at radius 1 is 0.765 bits per heavy atom. The molecule has 0 aliphatic carbocycles. The van der Waals surface area contributed by atoms with Gasteiger partial charge >= 0.3 is 0 Å². The van der Waals surface area contributed by atoms with E-state index in [0.29, 0.717) is 26.4 Å². The predicted octanol–water partition coefficient (Wildman–Crippen LogP) is 0.827. The van der Waals surface area contributed by atoms with Gasteiger partial charge in [-0.15, -0.1) is 0 Å². The van der Waals surface area contributed by atoms with Crippen molar-refractivity contribution < 1.29 is 24.4 Å². The summed E-state index contributed by atoms with van der Waals surface area (Å²) in [6.07, 6.45) is 3.80. The van der Waals surface area contributed by atoms with Crippen LogP contribution in [0.1, 0.15) is 26.2 Å². The van der Waals surface area contributed by atoms with Crippen molar-refractivity contribution in [3.05, 3.63) is 0 Å². The molecule has 0 aromatic rings. The summed E-state index contributed by atoms with van der Waals surface area (Å²) in [5.41, 5.74) is 0. The molecule has 0 fully saturated rings. The van der Waals surface area contributed by atoms with Crippen LogP contribution >= 0.6 is 0 Å². The van der Waals surface area contributed by atoms with Crippen molar-refractivity contribution in [1.82, 2.24) is 0 Å². The van der Waals surface area contributed by atoms with Crippen LogP contribution in [0.25, 0.3) is 0 Å². The summed E-state index contributed by atoms with van der Waals surface area (Å²) in [5.74, 6) is 0. The molecule has 0 aliphatic rings. The van der Waals surface area contributed by atoms with Gasteiger partial charge in [0.1, 0.15) is 0 Å². The number of hydrogen-bond donors (Lipinski definition) is 2. The van der Waals surface area contributed by atoms with Gasteiger partial charge in [-0.3, -0.25) is 0 Å². The van der Waals surface area contributed by atoms with Gasteiger partial charge in [-0.05, 0) is 6.42 Å². The van der Waals surface area contributed by atoms with Crippen LogP contribution in [-0.2, 0) is 14.2 Å². The third-order valence-corrected chi connectivity index (χ3v) is 1.80. The summed E-state index contributed by atoms with van der Waals surface area (Å²) in [5, 5.41) is 16.5. The number of ether oxygens (including phenoxy) is 3. The zero-order valence-corrected chi connectivity index (χ0v) is 11.2. The summed E-state index contributed by atoms with van der Waals surface area (Å²) < 4.78 is 14.6. The molecule has 0 bridgehead atoms. The molecule has 0 spiro atoms. The Bertz CT molecular complexity index is 99.1. The fourth-order valence-electron chi connectivity index (χ4n) is 0.947. The minimum atomic E-state index is 0.0417. The third-order valence-electron chi connectivity index (χ3n) is 1.80. The third kappa shape index (κ3) is 25.8. The van der Waals surface area contributed by atoms with E-state index in [1.165, 1.54) is 19.3 Å². The maximum atomic E-state index is 8.26. The fraction of sp³-hybridized carbons (Fsp3) is 1.00. The van der Waals surface area contributed by atoms with Crippen LogP contribution in [0.5, 0.6) is 0 Å². The van der Waals surface area contributed by atoms with Gasteiger partial charge in [0.25, 0.3) is 0 Å². The maximum Gasteiger partial charge on any atom is 0.0701 e. The second-order valence-electron chi connectivity index (χ2n) is 3.37. The lowest BCUT2D eigenvalue weighted by Gasteiger charge is -2.01. The van der Waals surface area contributed by atoms with Gasteiger partial charge in [0, 0.05) is 13.7 Å². The average Bonchev–Trinajstić information content (AvgIpc) is 2.35. The predicted molar refractivity (Wildman–Crippen MR) is 67.2 cm³/mol. The summed E-state index contributed by atoms with van der Waals surface area (Å²) in [6, 6.07) is 0. The summed E-state index contributed by atoms with van der Waals surface area (Å²) in [7, 11) is 1.75. The van der Waals surface area contributed by atoms with Crippen molar-refractivity contribution in [3.63, 3.8) is 0 Å². The number of aliphatic hydroxyl groups is 2. The Kier molecular flexibility index (Phi) is 23.8. The van der Waals surface area contributed by atoms with Gasteiger partial charge in [0.2, 0.25) is 0 Å². The van der Waals surface area contributed by atoms with Crippen LogP contribution in [-0.4, -0.2) is 63.6 Å². The molecular formula is C12H28O5. The largest absolute Gasteiger partial charge is 0.394 e. The first-order valence-corrected chi connectivity index (χ1v) is 6.19. The molecule has 0 unspecified atom stereocenters. The standard InChI is InChI=1S/C6H14O4.C6H14O/c7-1-3-9-5-6-10-4-2-8;1-3-4-5-6-7-2/h7-8H,1-6H2;3-6H2,1-2H3. The van der Waals surface area contributed by atoms with Gasteiger partial charge in [-0.2, -0.15) is 0 Å². The molecule has 17 heavy (non-hydrogen) atoms. The van der Waals surface area contributed by atoms with E-state index in [-0.39, 0.29) is 13.2 Å². The van der Waals surface area contributed by atoms with Gasteiger partial charge in [0.15, 0.2) is 0 Å². The van der Waals surface area contributed by atoms with E-state index < -0.39 is 0 Å². The van der Waals surface area contributed by atoms with Gasteiger partial charge in [-0.25, -0.2) is 0 Å². The first-order valence-electron chi connectivity index (χ1n) is 6.19.